The molecule has 3 heteroatoms. The van der Waals surface area contributed by atoms with Gasteiger partial charge in [0.15, 0.2) is 0 Å². The zero-order valence-electron chi connectivity index (χ0n) is 12.9. The van der Waals surface area contributed by atoms with E-state index in [1.807, 2.05) is 24.3 Å². The van der Waals surface area contributed by atoms with Gasteiger partial charge in [0.25, 0.3) is 0 Å². The minimum absolute atomic E-state index is 0.307. The fraction of sp³-hybridized carbons (Fsp3) is 0.368. The van der Waals surface area contributed by atoms with Crippen molar-refractivity contribution < 1.29 is 4.74 Å². The summed E-state index contributed by atoms with van der Waals surface area (Å²) in [5.74, 6) is 1.50. The molecule has 1 aliphatic rings. The molecule has 1 fully saturated rings. The monoisotopic (exact) mass is 359 g/mol. The molecular formula is C19H22BrNO. The topological polar surface area (TPSA) is 12.5 Å². The van der Waals surface area contributed by atoms with E-state index in [2.05, 4.69) is 58.1 Å². The van der Waals surface area contributed by atoms with Gasteiger partial charge in [-0.3, -0.25) is 4.90 Å². The van der Waals surface area contributed by atoms with Crippen LogP contribution in [0.2, 0.25) is 0 Å². The summed E-state index contributed by atoms with van der Waals surface area (Å²) in [6, 6.07) is 18.8. The molecular weight excluding hydrogens is 338 g/mol. The first-order valence-corrected chi connectivity index (χ1v) is 8.68. The Bertz CT molecular complexity index is 601. The fourth-order valence-electron chi connectivity index (χ4n) is 3.09. The minimum atomic E-state index is 0.307. The molecule has 0 spiro atoms. The summed E-state index contributed by atoms with van der Waals surface area (Å²) in [6.45, 7) is 5.51. The highest BCUT2D eigenvalue weighted by molar-refractivity contribution is 9.10. The third-order valence-corrected chi connectivity index (χ3v) is 4.74. The maximum atomic E-state index is 6.19. The maximum Gasteiger partial charge on any atom is 0.120 e. The molecule has 1 aliphatic heterocycles. The van der Waals surface area contributed by atoms with E-state index < -0.39 is 0 Å². The third kappa shape index (κ3) is 4.11. The van der Waals surface area contributed by atoms with Crippen molar-refractivity contribution in [2.45, 2.75) is 26.0 Å². The zero-order chi connectivity index (χ0) is 15.4. The van der Waals surface area contributed by atoms with Crippen LogP contribution in [-0.2, 0) is 6.54 Å². The van der Waals surface area contributed by atoms with Crippen LogP contribution in [0.4, 0.5) is 0 Å². The van der Waals surface area contributed by atoms with Crippen LogP contribution in [-0.4, -0.2) is 24.1 Å². The summed E-state index contributed by atoms with van der Waals surface area (Å²) in [7, 11) is 0. The van der Waals surface area contributed by atoms with Gasteiger partial charge in [-0.15, -0.1) is 0 Å². The van der Waals surface area contributed by atoms with E-state index >= 15 is 0 Å². The molecule has 1 heterocycles. The third-order valence-electron chi connectivity index (χ3n) is 4.24. The van der Waals surface area contributed by atoms with Crippen molar-refractivity contribution in [3.8, 4) is 5.75 Å². The van der Waals surface area contributed by atoms with E-state index in [1.165, 1.54) is 5.56 Å². The maximum absolute atomic E-state index is 6.19. The van der Waals surface area contributed by atoms with Gasteiger partial charge in [-0.1, -0.05) is 59.3 Å². The average Bonchev–Trinajstić information content (AvgIpc) is 2.51. The SMILES string of the molecule is C[C@H]1CN(Cc2ccccc2)CC[C@@H]1Oc1cccc(Br)c1. The highest BCUT2D eigenvalue weighted by atomic mass is 79.9. The summed E-state index contributed by atoms with van der Waals surface area (Å²) < 4.78 is 7.26. The van der Waals surface area contributed by atoms with Gasteiger partial charge in [0.1, 0.15) is 11.9 Å². The van der Waals surface area contributed by atoms with Gasteiger partial charge in [-0.2, -0.15) is 0 Å². The highest BCUT2D eigenvalue weighted by Crippen LogP contribution is 2.25. The van der Waals surface area contributed by atoms with Crippen molar-refractivity contribution >= 4 is 15.9 Å². The van der Waals surface area contributed by atoms with Crippen molar-refractivity contribution in [3.63, 3.8) is 0 Å². The molecule has 0 saturated carbocycles. The molecule has 0 bridgehead atoms. The summed E-state index contributed by atoms with van der Waals surface area (Å²) in [6.07, 6.45) is 1.39. The van der Waals surface area contributed by atoms with Gasteiger partial charge in [-0.25, -0.2) is 0 Å². The van der Waals surface area contributed by atoms with Crippen molar-refractivity contribution in [1.29, 1.82) is 0 Å². The number of rotatable bonds is 4. The second-order valence-electron chi connectivity index (χ2n) is 6.10. The second-order valence-corrected chi connectivity index (χ2v) is 7.02. The quantitative estimate of drug-likeness (QED) is 0.781. The van der Waals surface area contributed by atoms with Crippen molar-refractivity contribution in [2.24, 2.45) is 5.92 Å². The van der Waals surface area contributed by atoms with Crippen molar-refractivity contribution in [2.75, 3.05) is 13.1 Å². The normalized spacial score (nSPS) is 22.5. The van der Waals surface area contributed by atoms with E-state index in [1.54, 1.807) is 0 Å². The summed E-state index contributed by atoms with van der Waals surface area (Å²) in [4.78, 5) is 2.53. The Kier molecular flexibility index (Phi) is 5.16. The predicted octanol–water partition coefficient (Wildman–Crippen LogP) is 4.74. The van der Waals surface area contributed by atoms with E-state index in [0.717, 1.165) is 36.3 Å². The molecule has 0 aliphatic carbocycles. The molecule has 2 aromatic rings. The van der Waals surface area contributed by atoms with Crippen molar-refractivity contribution in [1.82, 2.24) is 4.90 Å². The first kappa shape index (κ1) is 15.6. The number of nitrogens with zero attached hydrogens (tertiary/aromatic N) is 1. The number of piperidine rings is 1. The van der Waals surface area contributed by atoms with Crippen LogP contribution in [0.25, 0.3) is 0 Å². The lowest BCUT2D eigenvalue weighted by molar-refractivity contribution is 0.0490. The lowest BCUT2D eigenvalue weighted by Gasteiger charge is -2.37. The first-order valence-electron chi connectivity index (χ1n) is 7.89. The molecule has 0 N–H and O–H groups in total. The Hall–Kier alpha value is -1.32. The van der Waals surface area contributed by atoms with E-state index in [0.29, 0.717) is 12.0 Å². The predicted molar refractivity (Wildman–Crippen MR) is 94.1 cm³/mol. The standard InChI is InChI=1S/C19H22BrNO/c1-15-13-21(14-16-6-3-2-4-7-16)11-10-19(15)22-18-9-5-8-17(20)12-18/h2-9,12,15,19H,10-11,13-14H2,1H3/t15-,19-/m0/s1. The number of likely N-dealkylation sites (tertiary alicyclic amines) is 1. The van der Waals surface area contributed by atoms with Crippen molar-refractivity contribution in [3.05, 3.63) is 64.6 Å². The largest absolute Gasteiger partial charge is 0.490 e. The Morgan fingerprint density at radius 2 is 1.95 bits per heavy atom. The minimum Gasteiger partial charge on any atom is -0.490 e. The van der Waals surface area contributed by atoms with Gasteiger partial charge in [0.2, 0.25) is 0 Å². The lowest BCUT2D eigenvalue weighted by Crippen LogP contribution is -2.43. The smallest absolute Gasteiger partial charge is 0.120 e. The Morgan fingerprint density at radius 3 is 2.68 bits per heavy atom. The molecule has 2 nitrogen and oxygen atoms in total. The molecule has 0 radical (unpaired) electrons. The summed E-state index contributed by atoms with van der Waals surface area (Å²) in [5.41, 5.74) is 1.39. The average molecular weight is 360 g/mol. The van der Waals surface area contributed by atoms with Gasteiger partial charge in [0.05, 0.1) is 0 Å². The molecule has 1 saturated heterocycles. The van der Waals surface area contributed by atoms with Gasteiger partial charge >= 0.3 is 0 Å². The molecule has 2 aromatic carbocycles. The summed E-state index contributed by atoms with van der Waals surface area (Å²) in [5, 5.41) is 0. The first-order chi connectivity index (χ1) is 10.7. The van der Waals surface area contributed by atoms with Crippen LogP contribution in [0.15, 0.2) is 59.1 Å². The number of halogens is 1. The van der Waals surface area contributed by atoms with Gasteiger partial charge in [0, 0.05) is 30.0 Å². The fourth-order valence-corrected chi connectivity index (χ4v) is 3.46. The molecule has 22 heavy (non-hydrogen) atoms. The molecule has 0 aromatic heterocycles. The number of hydrogen-bond donors (Lipinski definition) is 0. The summed E-state index contributed by atoms with van der Waals surface area (Å²) >= 11 is 3.50. The molecule has 0 amide bonds. The number of hydrogen-bond acceptors (Lipinski definition) is 2. The lowest BCUT2D eigenvalue weighted by atomic mass is 9.96. The van der Waals surface area contributed by atoms with Gasteiger partial charge < -0.3 is 4.74 Å². The van der Waals surface area contributed by atoms with Gasteiger partial charge in [-0.05, 0) is 30.2 Å². The molecule has 116 valence electrons. The van der Waals surface area contributed by atoms with E-state index in [9.17, 15) is 0 Å². The molecule has 2 atom stereocenters. The Labute approximate surface area is 141 Å². The Morgan fingerprint density at radius 1 is 1.14 bits per heavy atom. The van der Waals surface area contributed by atoms with E-state index in [4.69, 9.17) is 4.74 Å². The highest BCUT2D eigenvalue weighted by Gasteiger charge is 2.27. The van der Waals surface area contributed by atoms with Crippen LogP contribution >= 0.6 is 15.9 Å². The zero-order valence-corrected chi connectivity index (χ0v) is 14.5. The van der Waals surface area contributed by atoms with E-state index in [-0.39, 0.29) is 0 Å². The molecule has 0 unspecified atom stereocenters. The molecule has 3 rings (SSSR count). The second kappa shape index (κ2) is 7.30. The van der Waals surface area contributed by atoms with Crippen LogP contribution in [0, 0.1) is 5.92 Å². The van der Waals surface area contributed by atoms with Crippen LogP contribution < -0.4 is 4.74 Å². The Balaban J connectivity index is 1.56. The van der Waals surface area contributed by atoms with Crippen LogP contribution in [0.1, 0.15) is 18.9 Å². The van der Waals surface area contributed by atoms with Crippen LogP contribution in [0.5, 0.6) is 5.75 Å². The van der Waals surface area contributed by atoms with Crippen LogP contribution in [0.3, 0.4) is 0 Å². The number of benzene rings is 2. The number of ether oxygens (including phenoxy) is 1.